The smallest absolute Gasteiger partial charge is 0.228 e. The molecule has 1 aliphatic rings. The number of hydrogen-bond acceptors (Lipinski definition) is 7. The SMILES string of the molecule is CCOc1cc(-c2ccc(N3CCN(C(=O)Cc4ccc(F)cn4)CC3)nc2)c2cncnc2c1. The van der Waals surface area contributed by atoms with Gasteiger partial charge in [0.05, 0.1) is 24.7 Å². The molecule has 35 heavy (non-hydrogen) atoms. The van der Waals surface area contributed by atoms with Gasteiger partial charge in [0, 0.05) is 61.3 Å². The Kier molecular flexibility index (Phi) is 6.47. The topological polar surface area (TPSA) is 84.3 Å². The van der Waals surface area contributed by atoms with Gasteiger partial charge >= 0.3 is 0 Å². The Hall–Kier alpha value is -4.14. The van der Waals surface area contributed by atoms with Crippen LogP contribution in [0.1, 0.15) is 12.6 Å². The molecule has 0 N–H and O–H groups in total. The van der Waals surface area contributed by atoms with Crippen LogP contribution in [0.15, 0.2) is 61.3 Å². The van der Waals surface area contributed by atoms with Crippen LogP contribution in [-0.2, 0) is 11.2 Å². The minimum absolute atomic E-state index is 0.00431. The van der Waals surface area contributed by atoms with E-state index in [1.165, 1.54) is 12.4 Å². The van der Waals surface area contributed by atoms with Gasteiger partial charge in [-0.1, -0.05) is 0 Å². The summed E-state index contributed by atoms with van der Waals surface area (Å²) in [5, 5.41) is 0.938. The summed E-state index contributed by atoms with van der Waals surface area (Å²) in [4.78, 5) is 33.9. The number of ether oxygens (including phenoxy) is 1. The Bertz CT molecular complexity index is 1320. The Morgan fingerprint density at radius 2 is 1.86 bits per heavy atom. The second-order valence-electron chi connectivity index (χ2n) is 8.28. The quantitative estimate of drug-likeness (QED) is 0.425. The molecule has 0 aliphatic carbocycles. The number of halogens is 1. The molecule has 0 spiro atoms. The van der Waals surface area contributed by atoms with Crippen molar-refractivity contribution in [1.29, 1.82) is 0 Å². The van der Waals surface area contributed by atoms with Crippen molar-refractivity contribution in [2.75, 3.05) is 37.7 Å². The number of anilines is 1. The monoisotopic (exact) mass is 472 g/mol. The molecule has 3 aromatic heterocycles. The fourth-order valence-corrected chi connectivity index (χ4v) is 4.24. The lowest BCUT2D eigenvalue weighted by molar-refractivity contribution is -0.130. The average molecular weight is 473 g/mol. The standard InChI is InChI=1S/C26H25FN6O2/c1-2-35-21-12-22(23-16-28-17-31-24(23)13-21)18-3-6-25(30-14-18)32-7-9-33(10-8-32)26(34)11-20-5-4-19(27)15-29-20/h3-6,12-17H,2,7-11H2,1H3. The molecule has 1 amide bonds. The third-order valence-corrected chi connectivity index (χ3v) is 6.05. The second kappa shape index (κ2) is 10.0. The third-order valence-electron chi connectivity index (χ3n) is 6.05. The Balaban J connectivity index is 1.26. The van der Waals surface area contributed by atoms with E-state index >= 15 is 0 Å². The van der Waals surface area contributed by atoms with Crippen LogP contribution in [0.25, 0.3) is 22.0 Å². The summed E-state index contributed by atoms with van der Waals surface area (Å²) in [6.07, 6.45) is 6.50. The van der Waals surface area contributed by atoms with Crippen LogP contribution < -0.4 is 9.64 Å². The molecule has 4 aromatic rings. The first kappa shape index (κ1) is 22.6. The zero-order valence-electron chi connectivity index (χ0n) is 19.4. The summed E-state index contributed by atoms with van der Waals surface area (Å²) in [6, 6.07) is 10.8. The van der Waals surface area contributed by atoms with Crippen LogP contribution in [0.2, 0.25) is 0 Å². The first-order chi connectivity index (χ1) is 17.1. The van der Waals surface area contributed by atoms with Crippen molar-refractivity contribution in [1.82, 2.24) is 24.8 Å². The van der Waals surface area contributed by atoms with Crippen LogP contribution in [0.4, 0.5) is 10.2 Å². The summed E-state index contributed by atoms with van der Waals surface area (Å²) >= 11 is 0. The molecular formula is C26H25FN6O2. The number of rotatable bonds is 6. The third kappa shape index (κ3) is 5.03. The molecule has 9 heteroatoms. The van der Waals surface area contributed by atoms with Crippen LogP contribution in [0.3, 0.4) is 0 Å². The van der Waals surface area contributed by atoms with Gasteiger partial charge in [0.25, 0.3) is 0 Å². The summed E-state index contributed by atoms with van der Waals surface area (Å²) < 4.78 is 18.8. The van der Waals surface area contributed by atoms with Crippen molar-refractivity contribution >= 4 is 22.6 Å². The van der Waals surface area contributed by atoms with Crippen LogP contribution in [0.5, 0.6) is 5.75 Å². The summed E-state index contributed by atoms with van der Waals surface area (Å²) in [6.45, 7) is 5.09. The normalized spacial score (nSPS) is 13.8. The van der Waals surface area contributed by atoms with E-state index in [4.69, 9.17) is 9.72 Å². The largest absolute Gasteiger partial charge is 0.494 e. The lowest BCUT2D eigenvalue weighted by Crippen LogP contribution is -2.49. The minimum atomic E-state index is -0.406. The fraction of sp³-hybridized carbons (Fsp3) is 0.269. The van der Waals surface area contributed by atoms with Crippen LogP contribution in [-0.4, -0.2) is 63.5 Å². The molecular weight excluding hydrogens is 447 g/mol. The second-order valence-corrected chi connectivity index (χ2v) is 8.28. The molecule has 1 saturated heterocycles. The van der Waals surface area contributed by atoms with Crippen molar-refractivity contribution in [2.45, 2.75) is 13.3 Å². The lowest BCUT2D eigenvalue weighted by Gasteiger charge is -2.35. The average Bonchev–Trinajstić information content (AvgIpc) is 2.90. The Morgan fingerprint density at radius 1 is 1.00 bits per heavy atom. The number of carbonyl (C=O) groups is 1. The van der Waals surface area contributed by atoms with Crippen molar-refractivity contribution in [2.24, 2.45) is 0 Å². The number of carbonyl (C=O) groups excluding carboxylic acids is 1. The van der Waals surface area contributed by atoms with Crippen LogP contribution >= 0.6 is 0 Å². The van der Waals surface area contributed by atoms with Crippen molar-refractivity contribution in [3.8, 4) is 16.9 Å². The summed E-state index contributed by atoms with van der Waals surface area (Å²) in [5.74, 6) is 1.21. The number of nitrogens with zero attached hydrogens (tertiary/aromatic N) is 6. The molecule has 8 nitrogen and oxygen atoms in total. The maximum absolute atomic E-state index is 13.0. The number of piperazine rings is 1. The number of hydrogen-bond donors (Lipinski definition) is 0. The van der Waals surface area contributed by atoms with E-state index in [1.54, 1.807) is 12.3 Å². The maximum atomic E-state index is 13.0. The van der Waals surface area contributed by atoms with Crippen molar-refractivity contribution < 1.29 is 13.9 Å². The van der Waals surface area contributed by atoms with Gasteiger partial charge in [0.15, 0.2) is 0 Å². The Morgan fingerprint density at radius 3 is 2.57 bits per heavy atom. The van der Waals surface area contributed by atoms with E-state index in [0.29, 0.717) is 38.5 Å². The van der Waals surface area contributed by atoms with Crippen molar-refractivity contribution in [3.63, 3.8) is 0 Å². The highest BCUT2D eigenvalue weighted by Crippen LogP contribution is 2.32. The maximum Gasteiger partial charge on any atom is 0.228 e. The van der Waals surface area contributed by atoms with Crippen LogP contribution in [0, 0.1) is 5.82 Å². The Labute approximate surface area is 202 Å². The lowest BCUT2D eigenvalue weighted by atomic mass is 10.0. The number of pyridine rings is 2. The molecule has 5 rings (SSSR count). The number of fused-ring (bicyclic) bond motifs is 1. The van der Waals surface area contributed by atoms with Gasteiger partial charge in [-0.3, -0.25) is 9.78 Å². The molecule has 0 unspecified atom stereocenters. The number of aromatic nitrogens is 4. The van der Waals surface area contributed by atoms with Gasteiger partial charge in [-0.15, -0.1) is 0 Å². The first-order valence-electron chi connectivity index (χ1n) is 11.6. The zero-order chi connectivity index (χ0) is 24.2. The number of amides is 1. The highest BCUT2D eigenvalue weighted by atomic mass is 19.1. The molecule has 0 atom stereocenters. The van der Waals surface area contributed by atoms with E-state index in [1.807, 2.05) is 42.3 Å². The van der Waals surface area contributed by atoms with E-state index in [0.717, 1.165) is 39.8 Å². The van der Waals surface area contributed by atoms with Gasteiger partial charge in [-0.25, -0.2) is 19.3 Å². The predicted octanol–water partition coefficient (Wildman–Crippen LogP) is 3.52. The summed E-state index contributed by atoms with van der Waals surface area (Å²) in [7, 11) is 0. The molecule has 4 heterocycles. The molecule has 1 aromatic carbocycles. The van der Waals surface area contributed by atoms with E-state index in [9.17, 15) is 9.18 Å². The van der Waals surface area contributed by atoms with E-state index < -0.39 is 5.82 Å². The van der Waals surface area contributed by atoms with Crippen molar-refractivity contribution in [3.05, 3.63) is 72.8 Å². The minimum Gasteiger partial charge on any atom is -0.494 e. The van der Waals surface area contributed by atoms with Gasteiger partial charge < -0.3 is 14.5 Å². The molecule has 0 bridgehead atoms. The van der Waals surface area contributed by atoms with Gasteiger partial charge in [0.2, 0.25) is 5.91 Å². The van der Waals surface area contributed by atoms with Gasteiger partial charge in [0.1, 0.15) is 23.7 Å². The first-order valence-corrected chi connectivity index (χ1v) is 11.6. The number of benzene rings is 1. The molecule has 0 radical (unpaired) electrons. The predicted molar refractivity (Wildman–Crippen MR) is 131 cm³/mol. The van der Waals surface area contributed by atoms with E-state index in [-0.39, 0.29) is 12.3 Å². The zero-order valence-corrected chi connectivity index (χ0v) is 19.4. The van der Waals surface area contributed by atoms with Gasteiger partial charge in [-0.05, 0) is 42.8 Å². The van der Waals surface area contributed by atoms with E-state index in [2.05, 4.69) is 19.9 Å². The highest BCUT2D eigenvalue weighted by Gasteiger charge is 2.22. The fourth-order valence-electron chi connectivity index (χ4n) is 4.24. The highest BCUT2D eigenvalue weighted by molar-refractivity contribution is 5.95. The molecule has 1 aliphatic heterocycles. The molecule has 178 valence electrons. The molecule has 1 fully saturated rings. The van der Waals surface area contributed by atoms with Gasteiger partial charge in [-0.2, -0.15) is 0 Å². The summed E-state index contributed by atoms with van der Waals surface area (Å²) in [5.41, 5.74) is 3.32. The molecule has 0 saturated carbocycles.